The van der Waals surface area contributed by atoms with E-state index in [0.717, 1.165) is 25.9 Å². The van der Waals surface area contributed by atoms with Crippen LogP contribution < -0.4 is 11.1 Å². The maximum Gasteiger partial charge on any atom is 0.313 e. The highest BCUT2D eigenvalue weighted by Crippen LogP contribution is 2.29. The molecule has 0 bridgehead atoms. The Morgan fingerprint density at radius 1 is 1.29 bits per heavy atom. The summed E-state index contributed by atoms with van der Waals surface area (Å²) < 4.78 is 0. The molecule has 0 aliphatic carbocycles. The molecule has 17 heavy (non-hydrogen) atoms. The van der Waals surface area contributed by atoms with Crippen LogP contribution in [0.25, 0.3) is 0 Å². The Morgan fingerprint density at radius 2 is 1.82 bits per heavy atom. The van der Waals surface area contributed by atoms with E-state index in [4.69, 9.17) is 5.73 Å². The lowest BCUT2D eigenvalue weighted by Gasteiger charge is -2.50. The van der Waals surface area contributed by atoms with Crippen molar-refractivity contribution in [2.45, 2.75) is 51.8 Å². The Bertz CT molecular complexity index is 252. The average molecular weight is 243 g/mol. The summed E-state index contributed by atoms with van der Waals surface area (Å²) in [6.07, 6.45) is 2.75. The molecule has 1 heterocycles. The van der Waals surface area contributed by atoms with E-state index in [0.29, 0.717) is 0 Å². The number of likely N-dealkylation sites (tertiary alicyclic amines) is 1. The normalized spacial score (nSPS) is 23.1. The second kappa shape index (κ2) is 5.69. The SMILES string of the molecule is CC(C)C(NC(N)=O)(C(C)O)N1CCCCC1. The molecule has 0 radical (unpaired) electrons. The van der Waals surface area contributed by atoms with Crippen molar-refractivity contribution in [3.8, 4) is 0 Å². The van der Waals surface area contributed by atoms with Crippen LogP contribution in [0.15, 0.2) is 0 Å². The number of nitrogens with zero attached hydrogens (tertiary/aromatic N) is 1. The van der Waals surface area contributed by atoms with Crippen molar-refractivity contribution < 1.29 is 9.90 Å². The number of aliphatic hydroxyl groups excluding tert-OH is 1. The first-order valence-corrected chi connectivity index (χ1v) is 6.42. The molecule has 1 aliphatic heterocycles. The van der Waals surface area contributed by atoms with E-state index in [1.54, 1.807) is 6.92 Å². The molecule has 5 nitrogen and oxygen atoms in total. The highest BCUT2D eigenvalue weighted by molar-refractivity contribution is 5.72. The number of piperidine rings is 1. The van der Waals surface area contributed by atoms with Crippen LogP contribution in [0.3, 0.4) is 0 Å². The Labute approximate surface area is 103 Å². The summed E-state index contributed by atoms with van der Waals surface area (Å²) in [5.74, 6) is 0.0908. The van der Waals surface area contributed by atoms with E-state index in [9.17, 15) is 9.90 Å². The van der Waals surface area contributed by atoms with E-state index >= 15 is 0 Å². The van der Waals surface area contributed by atoms with Crippen LogP contribution in [0.4, 0.5) is 4.79 Å². The summed E-state index contributed by atoms with van der Waals surface area (Å²) >= 11 is 0. The van der Waals surface area contributed by atoms with Crippen LogP contribution in [-0.4, -0.2) is 40.9 Å². The van der Waals surface area contributed by atoms with Gasteiger partial charge in [0.15, 0.2) is 0 Å². The minimum absolute atomic E-state index is 0.0908. The highest BCUT2D eigenvalue weighted by atomic mass is 16.3. The van der Waals surface area contributed by atoms with Gasteiger partial charge in [-0.3, -0.25) is 4.90 Å². The van der Waals surface area contributed by atoms with Gasteiger partial charge in [0.25, 0.3) is 0 Å². The van der Waals surface area contributed by atoms with Crippen molar-refractivity contribution in [1.82, 2.24) is 10.2 Å². The number of nitrogens with two attached hydrogens (primary N) is 1. The smallest absolute Gasteiger partial charge is 0.313 e. The third kappa shape index (κ3) is 2.90. The molecule has 0 spiro atoms. The molecule has 2 amide bonds. The molecule has 0 aromatic heterocycles. The summed E-state index contributed by atoms with van der Waals surface area (Å²) in [6.45, 7) is 7.49. The van der Waals surface area contributed by atoms with E-state index < -0.39 is 17.8 Å². The first kappa shape index (κ1) is 14.3. The molecule has 0 saturated carbocycles. The average Bonchev–Trinajstić information content (AvgIpc) is 2.25. The number of carbonyl (C=O) groups excluding carboxylic acids is 1. The molecule has 1 fully saturated rings. The van der Waals surface area contributed by atoms with E-state index in [-0.39, 0.29) is 5.92 Å². The van der Waals surface area contributed by atoms with Crippen LogP contribution in [0.5, 0.6) is 0 Å². The number of carbonyl (C=O) groups is 1. The lowest BCUT2D eigenvalue weighted by molar-refractivity contribution is -0.0764. The lowest BCUT2D eigenvalue weighted by atomic mass is 9.87. The monoisotopic (exact) mass is 243 g/mol. The minimum Gasteiger partial charge on any atom is -0.390 e. The highest BCUT2D eigenvalue weighted by Gasteiger charge is 2.45. The van der Waals surface area contributed by atoms with Crippen LogP contribution in [0, 0.1) is 5.92 Å². The van der Waals surface area contributed by atoms with Gasteiger partial charge in [0.05, 0.1) is 6.10 Å². The van der Waals surface area contributed by atoms with Gasteiger partial charge in [-0.2, -0.15) is 0 Å². The summed E-state index contributed by atoms with van der Waals surface area (Å²) in [4.78, 5) is 13.4. The molecule has 2 unspecified atom stereocenters. The Hall–Kier alpha value is -0.810. The number of rotatable bonds is 4. The lowest BCUT2D eigenvalue weighted by Crippen LogP contribution is -2.70. The molecule has 1 rings (SSSR count). The van der Waals surface area contributed by atoms with Crippen molar-refractivity contribution >= 4 is 6.03 Å². The van der Waals surface area contributed by atoms with Gasteiger partial charge >= 0.3 is 6.03 Å². The van der Waals surface area contributed by atoms with Gasteiger partial charge < -0.3 is 16.2 Å². The Kier molecular flexibility index (Phi) is 4.77. The fourth-order valence-electron chi connectivity index (χ4n) is 2.90. The molecular formula is C12H25N3O2. The number of hydrogen-bond donors (Lipinski definition) is 3. The zero-order valence-electron chi connectivity index (χ0n) is 11.1. The number of amides is 2. The van der Waals surface area contributed by atoms with Crippen LogP contribution >= 0.6 is 0 Å². The number of primary amides is 1. The molecule has 5 heteroatoms. The molecule has 2 atom stereocenters. The maximum atomic E-state index is 11.2. The molecular weight excluding hydrogens is 218 g/mol. The van der Waals surface area contributed by atoms with Gasteiger partial charge in [-0.1, -0.05) is 20.3 Å². The first-order valence-electron chi connectivity index (χ1n) is 6.42. The first-order chi connectivity index (χ1) is 7.91. The van der Waals surface area contributed by atoms with Crippen molar-refractivity contribution in [2.75, 3.05) is 13.1 Å². The third-order valence-corrected chi connectivity index (χ3v) is 3.72. The summed E-state index contributed by atoms with van der Waals surface area (Å²) in [5, 5.41) is 12.9. The van der Waals surface area contributed by atoms with Crippen molar-refractivity contribution in [2.24, 2.45) is 11.7 Å². The minimum atomic E-state index is -0.744. The number of hydrogen-bond acceptors (Lipinski definition) is 3. The predicted octanol–water partition coefficient (Wildman–Crippen LogP) is 0.874. The quantitative estimate of drug-likeness (QED) is 0.685. The molecule has 4 N–H and O–H groups in total. The fraction of sp³-hybridized carbons (Fsp3) is 0.917. The maximum absolute atomic E-state index is 11.2. The van der Waals surface area contributed by atoms with Crippen LogP contribution in [0.1, 0.15) is 40.0 Å². The summed E-state index contributed by atoms with van der Waals surface area (Å²) in [7, 11) is 0. The molecule has 1 aliphatic rings. The zero-order valence-corrected chi connectivity index (χ0v) is 11.1. The van der Waals surface area contributed by atoms with E-state index in [1.165, 1.54) is 6.42 Å². The van der Waals surface area contributed by atoms with Crippen molar-refractivity contribution in [1.29, 1.82) is 0 Å². The fourth-order valence-corrected chi connectivity index (χ4v) is 2.90. The van der Waals surface area contributed by atoms with Crippen LogP contribution in [-0.2, 0) is 0 Å². The van der Waals surface area contributed by atoms with Crippen molar-refractivity contribution in [3.63, 3.8) is 0 Å². The molecule has 100 valence electrons. The Morgan fingerprint density at radius 3 is 2.18 bits per heavy atom. The van der Waals surface area contributed by atoms with Gasteiger partial charge in [0, 0.05) is 13.1 Å². The van der Waals surface area contributed by atoms with Crippen molar-refractivity contribution in [3.05, 3.63) is 0 Å². The summed E-state index contributed by atoms with van der Waals surface area (Å²) in [5.41, 5.74) is 4.53. The van der Waals surface area contributed by atoms with E-state index in [2.05, 4.69) is 10.2 Å². The molecule has 1 saturated heterocycles. The molecule has 0 aromatic rings. The van der Waals surface area contributed by atoms with Gasteiger partial charge in [0.1, 0.15) is 5.66 Å². The Balaban J connectivity index is 2.99. The van der Waals surface area contributed by atoms with Crippen LogP contribution in [0.2, 0.25) is 0 Å². The van der Waals surface area contributed by atoms with Gasteiger partial charge in [-0.05, 0) is 25.7 Å². The van der Waals surface area contributed by atoms with Gasteiger partial charge in [-0.15, -0.1) is 0 Å². The summed E-state index contributed by atoms with van der Waals surface area (Å²) in [6, 6.07) is -0.579. The number of nitrogens with one attached hydrogen (secondary N) is 1. The number of aliphatic hydroxyl groups is 1. The second-order valence-corrected chi connectivity index (χ2v) is 5.19. The topological polar surface area (TPSA) is 78.6 Å². The standard InChI is InChI=1S/C12H25N3O2/c1-9(2)12(10(3)16,14-11(13)17)15-7-5-4-6-8-15/h9-10,16H,4-8H2,1-3H3,(H3,13,14,17). The number of urea groups is 1. The largest absolute Gasteiger partial charge is 0.390 e. The second-order valence-electron chi connectivity index (χ2n) is 5.19. The molecule has 0 aromatic carbocycles. The zero-order chi connectivity index (χ0) is 13.1. The van der Waals surface area contributed by atoms with E-state index in [1.807, 2.05) is 13.8 Å². The predicted molar refractivity (Wildman–Crippen MR) is 67.4 cm³/mol. The third-order valence-electron chi connectivity index (χ3n) is 3.72. The van der Waals surface area contributed by atoms with Gasteiger partial charge in [0.2, 0.25) is 0 Å². The van der Waals surface area contributed by atoms with Gasteiger partial charge in [-0.25, -0.2) is 4.79 Å².